The average Bonchev–Trinajstić information content (AvgIpc) is 3.19. The highest BCUT2D eigenvalue weighted by atomic mass is 32.2. The Kier molecular flexibility index (Phi) is 7.70. The molecule has 32 heavy (non-hydrogen) atoms. The van der Waals surface area contributed by atoms with Crippen molar-refractivity contribution in [1.82, 2.24) is 15.5 Å². The fraction of sp³-hybridized carbons (Fsp3) is 0.455. The van der Waals surface area contributed by atoms with E-state index in [0.717, 1.165) is 24.0 Å². The molecule has 1 aromatic heterocycles. The minimum absolute atomic E-state index is 0.0545. The van der Waals surface area contributed by atoms with Gasteiger partial charge in [0.2, 0.25) is 15.9 Å². The van der Waals surface area contributed by atoms with Gasteiger partial charge in [-0.15, -0.1) is 0 Å². The lowest BCUT2D eigenvalue weighted by Crippen LogP contribution is -2.51. The molecule has 10 heteroatoms. The van der Waals surface area contributed by atoms with Crippen molar-refractivity contribution in [2.75, 3.05) is 19.6 Å². The molecule has 0 aliphatic carbocycles. The molecule has 2 heterocycles. The minimum Gasteiger partial charge on any atom is -0.459 e. The summed E-state index contributed by atoms with van der Waals surface area (Å²) in [4.78, 5) is 27.0. The number of benzene rings is 1. The zero-order valence-corrected chi connectivity index (χ0v) is 19.2. The Labute approximate surface area is 188 Å². The van der Waals surface area contributed by atoms with Gasteiger partial charge in [0.1, 0.15) is 0 Å². The highest BCUT2D eigenvalue weighted by molar-refractivity contribution is 7.89. The number of hydrogen-bond donors (Lipinski definition) is 3. The predicted molar refractivity (Wildman–Crippen MR) is 119 cm³/mol. The summed E-state index contributed by atoms with van der Waals surface area (Å²) >= 11 is 0. The van der Waals surface area contributed by atoms with E-state index in [2.05, 4.69) is 15.5 Å². The third-order valence-corrected chi connectivity index (χ3v) is 6.75. The zero-order chi connectivity index (χ0) is 23.3. The molecule has 3 rings (SSSR count). The summed E-state index contributed by atoms with van der Waals surface area (Å²) in [5.41, 5.74) is 1.72. The maximum absolute atomic E-state index is 12.5. The lowest BCUT2D eigenvalue weighted by atomic mass is 10.0. The van der Waals surface area contributed by atoms with Gasteiger partial charge in [-0.2, -0.15) is 0 Å². The van der Waals surface area contributed by atoms with E-state index in [1.807, 2.05) is 13.8 Å². The van der Waals surface area contributed by atoms with E-state index in [0.29, 0.717) is 31.8 Å². The molecule has 1 unspecified atom stereocenters. The molecular weight excluding hydrogens is 432 g/mol. The number of nitrogens with one attached hydrogen (secondary N) is 2. The van der Waals surface area contributed by atoms with Crippen LogP contribution in [-0.4, -0.2) is 56.9 Å². The number of piperidine rings is 1. The fourth-order valence-corrected chi connectivity index (χ4v) is 4.29. The summed E-state index contributed by atoms with van der Waals surface area (Å²) in [6.07, 6.45) is 3.62. The molecule has 0 saturated carbocycles. The number of nitrogens with zero attached hydrogens (tertiary/aromatic N) is 1. The predicted octanol–water partition coefficient (Wildman–Crippen LogP) is 1.18. The van der Waals surface area contributed by atoms with Crippen LogP contribution in [0.3, 0.4) is 0 Å². The number of likely N-dealkylation sites (tertiary alicyclic amines) is 1. The third-order valence-electron chi connectivity index (χ3n) is 5.83. The Morgan fingerprint density at radius 2 is 1.84 bits per heavy atom. The molecule has 1 aliphatic heterocycles. The molecule has 0 radical (unpaired) electrons. The Balaban J connectivity index is 1.40. The molecule has 1 aromatic carbocycles. The monoisotopic (exact) mass is 462 g/mol. The van der Waals surface area contributed by atoms with E-state index in [4.69, 9.17) is 9.56 Å². The molecule has 0 spiro atoms. The van der Waals surface area contributed by atoms with Crippen molar-refractivity contribution >= 4 is 21.8 Å². The van der Waals surface area contributed by atoms with Gasteiger partial charge in [0.15, 0.2) is 5.76 Å². The van der Waals surface area contributed by atoms with E-state index in [9.17, 15) is 18.0 Å². The third kappa shape index (κ3) is 6.18. The second-order valence-corrected chi connectivity index (χ2v) is 9.68. The quantitative estimate of drug-likeness (QED) is 0.539. The first kappa shape index (κ1) is 24.0. The summed E-state index contributed by atoms with van der Waals surface area (Å²) in [6, 6.07) is 7.85. The zero-order valence-electron chi connectivity index (χ0n) is 18.3. The van der Waals surface area contributed by atoms with Crippen LogP contribution in [0.2, 0.25) is 0 Å². The SMILES string of the molecule is Cc1ccoc1C(=O)NC1CCN(C(C)C(=O)NCCc2ccc(S(N)(=O)=O)cc2)CC1. The first-order valence-corrected chi connectivity index (χ1v) is 12.2. The van der Waals surface area contributed by atoms with Crippen molar-refractivity contribution in [3.8, 4) is 0 Å². The molecule has 1 aliphatic rings. The first-order chi connectivity index (χ1) is 15.1. The standard InChI is InChI=1S/C22H30N4O5S/c1-15-10-14-31-20(15)22(28)25-18-8-12-26(13-9-18)16(2)21(27)24-11-7-17-3-5-19(6-4-17)32(23,29)30/h3-6,10,14,16,18H,7-9,11-13H2,1-2H3,(H,24,27)(H,25,28)(H2,23,29,30). The second kappa shape index (κ2) is 10.3. The van der Waals surface area contributed by atoms with Gasteiger partial charge in [-0.25, -0.2) is 13.6 Å². The number of sulfonamides is 1. The van der Waals surface area contributed by atoms with Crippen molar-refractivity contribution in [2.45, 2.75) is 50.1 Å². The lowest BCUT2D eigenvalue weighted by molar-refractivity contribution is -0.126. The summed E-state index contributed by atoms with van der Waals surface area (Å²) in [5, 5.41) is 11.0. The van der Waals surface area contributed by atoms with Crippen LogP contribution in [0, 0.1) is 6.92 Å². The summed E-state index contributed by atoms with van der Waals surface area (Å²) in [6.45, 7) is 5.59. The number of primary sulfonamides is 1. The fourth-order valence-electron chi connectivity index (χ4n) is 3.78. The number of carbonyl (C=O) groups is 2. The van der Waals surface area contributed by atoms with Crippen molar-refractivity contribution < 1.29 is 22.4 Å². The molecular formula is C22H30N4O5S. The van der Waals surface area contributed by atoms with Crippen LogP contribution in [0.15, 0.2) is 45.9 Å². The Morgan fingerprint density at radius 3 is 2.41 bits per heavy atom. The van der Waals surface area contributed by atoms with Gasteiger partial charge in [0, 0.05) is 31.2 Å². The first-order valence-electron chi connectivity index (χ1n) is 10.6. The van der Waals surface area contributed by atoms with Crippen molar-refractivity contribution in [1.29, 1.82) is 0 Å². The molecule has 1 fully saturated rings. The van der Waals surface area contributed by atoms with Crippen LogP contribution in [0.1, 0.15) is 41.4 Å². The van der Waals surface area contributed by atoms with Gasteiger partial charge >= 0.3 is 0 Å². The maximum atomic E-state index is 12.5. The maximum Gasteiger partial charge on any atom is 0.287 e. The average molecular weight is 463 g/mol. The molecule has 1 atom stereocenters. The van der Waals surface area contributed by atoms with Gasteiger partial charge in [-0.3, -0.25) is 14.5 Å². The van der Waals surface area contributed by atoms with Crippen LogP contribution in [0.5, 0.6) is 0 Å². The molecule has 174 valence electrons. The Bertz CT molecular complexity index is 1040. The Morgan fingerprint density at radius 1 is 1.19 bits per heavy atom. The number of amides is 2. The summed E-state index contributed by atoms with van der Waals surface area (Å²) in [7, 11) is -3.70. The van der Waals surface area contributed by atoms with E-state index in [1.54, 1.807) is 18.2 Å². The molecule has 4 N–H and O–H groups in total. The Hall–Kier alpha value is -2.69. The van der Waals surface area contributed by atoms with Crippen LogP contribution >= 0.6 is 0 Å². The van der Waals surface area contributed by atoms with Gasteiger partial charge < -0.3 is 15.1 Å². The molecule has 2 amide bonds. The number of hydrogen-bond acceptors (Lipinski definition) is 6. The van der Waals surface area contributed by atoms with Gasteiger partial charge in [-0.05, 0) is 56.9 Å². The summed E-state index contributed by atoms with van der Waals surface area (Å²) < 4.78 is 27.8. The molecule has 0 bridgehead atoms. The highest BCUT2D eigenvalue weighted by Crippen LogP contribution is 2.16. The minimum atomic E-state index is -3.70. The largest absolute Gasteiger partial charge is 0.459 e. The van der Waals surface area contributed by atoms with E-state index < -0.39 is 10.0 Å². The van der Waals surface area contributed by atoms with Crippen molar-refractivity contribution in [3.63, 3.8) is 0 Å². The van der Waals surface area contributed by atoms with Gasteiger partial charge in [-0.1, -0.05) is 12.1 Å². The smallest absolute Gasteiger partial charge is 0.287 e. The van der Waals surface area contributed by atoms with Crippen LogP contribution in [0.25, 0.3) is 0 Å². The van der Waals surface area contributed by atoms with Crippen molar-refractivity contribution in [2.24, 2.45) is 5.14 Å². The number of nitrogens with two attached hydrogens (primary N) is 1. The summed E-state index contributed by atoms with van der Waals surface area (Å²) in [5.74, 6) is 0.0909. The van der Waals surface area contributed by atoms with E-state index in [1.165, 1.54) is 18.4 Å². The normalized spacial score (nSPS) is 16.5. The van der Waals surface area contributed by atoms with Crippen LogP contribution < -0.4 is 15.8 Å². The molecule has 2 aromatic rings. The van der Waals surface area contributed by atoms with Crippen LogP contribution in [0.4, 0.5) is 0 Å². The molecule has 9 nitrogen and oxygen atoms in total. The number of aryl methyl sites for hydroxylation is 1. The number of rotatable bonds is 8. The van der Waals surface area contributed by atoms with Crippen molar-refractivity contribution in [3.05, 3.63) is 53.5 Å². The second-order valence-electron chi connectivity index (χ2n) is 8.12. The topological polar surface area (TPSA) is 135 Å². The van der Waals surface area contributed by atoms with E-state index >= 15 is 0 Å². The lowest BCUT2D eigenvalue weighted by Gasteiger charge is -2.35. The van der Waals surface area contributed by atoms with E-state index in [-0.39, 0.29) is 28.8 Å². The number of carbonyl (C=O) groups excluding carboxylic acids is 2. The highest BCUT2D eigenvalue weighted by Gasteiger charge is 2.28. The number of furan rings is 1. The van der Waals surface area contributed by atoms with Gasteiger partial charge in [0.25, 0.3) is 5.91 Å². The molecule has 1 saturated heterocycles. The van der Waals surface area contributed by atoms with Gasteiger partial charge in [0.05, 0.1) is 17.2 Å². The van der Waals surface area contributed by atoms with Crippen LogP contribution in [-0.2, 0) is 21.2 Å².